The van der Waals surface area contributed by atoms with Gasteiger partial charge >= 0.3 is 0 Å². The fraction of sp³-hybridized carbons (Fsp3) is 0.500. The summed E-state index contributed by atoms with van der Waals surface area (Å²) < 4.78 is 5.89. The fourth-order valence-corrected chi connectivity index (χ4v) is 4.41. The minimum atomic E-state index is 0.0864. The number of ketones is 1. The molecule has 0 saturated carbocycles. The van der Waals surface area contributed by atoms with Crippen molar-refractivity contribution >= 4 is 5.78 Å². The summed E-state index contributed by atoms with van der Waals surface area (Å²) in [5, 5.41) is 0. The molecule has 29 heavy (non-hydrogen) atoms. The molecule has 156 valence electrons. The molecule has 2 aromatic rings. The highest BCUT2D eigenvalue weighted by Crippen LogP contribution is 2.39. The quantitative estimate of drug-likeness (QED) is 0.482. The number of fused-ring (bicyclic) bond motifs is 1. The van der Waals surface area contributed by atoms with Crippen molar-refractivity contribution in [3.8, 4) is 5.75 Å². The number of nitrogens with zero attached hydrogens (tertiary/aromatic N) is 1. The highest BCUT2D eigenvalue weighted by molar-refractivity contribution is 6.00. The van der Waals surface area contributed by atoms with Gasteiger partial charge in [0.25, 0.3) is 0 Å². The third kappa shape index (κ3) is 5.70. The molecule has 0 aromatic heterocycles. The number of Topliss-reactive ketones (excluding diaryl/α,β-unsaturated/α-hetero) is 1. The maximum absolute atomic E-state index is 13.3. The number of aryl methyl sites for hydroxylation is 1. The van der Waals surface area contributed by atoms with Gasteiger partial charge in [0.05, 0.1) is 6.61 Å². The average molecular weight is 394 g/mol. The van der Waals surface area contributed by atoms with Crippen LogP contribution in [0.2, 0.25) is 0 Å². The van der Waals surface area contributed by atoms with Crippen LogP contribution in [0.15, 0.2) is 48.5 Å². The molecule has 0 radical (unpaired) electrons. The number of unbranched alkanes of at least 4 members (excludes halogenated alkanes) is 1. The second kappa shape index (κ2) is 10.6. The third-order valence-corrected chi connectivity index (χ3v) is 6.03. The van der Waals surface area contributed by atoms with Crippen LogP contribution in [-0.4, -0.2) is 37.9 Å². The first kappa shape index (κ1) is 21.6. The van der Waals surface area contributed by atoms with Crippen LogP contribution in [0.5, 0.6) is 5.75 Å². The van der Waals surface area contributed by atoms with Gasteiger partial charge in [-0.25, -0.2) is 0 Å². The molecule has 3 heteroatoms. The zero-order valence-electron chi connectivity index (χ0n) is 18.2. The second-order valence-corrected chi connectivity index (χ2v) is 8.49. The molecule has 3 rings (SSSR count). The molecule has 0 heterocycles. The lowest BCUT2D eigenvalue weighted by atomic mass is 9.72. The fourth-order valence-electron chi connectivity index (χ4n) is 4.41. The average Bonchev–Trinajstić information content (AvgIpc) is 2.74. The van der Waals surface area contributed by atoms with E-state index in [1.54, 1.807) is 0 Å². The molecule has 0 fully saturated rings. The topological polar surface area (TPSA) is 29.5 Å². The molecule has 0 N–H and O–H groups in total. The van der Waals surface area contributed by atoms with Crippen molar-refractivity contribution in [1.29, 1.82) is 0 Å². The van der Waals surface area contributed by atoms with Gasteiger partial charge in [-0.15, -0.1) is 0 Å². The Bertz CT molecular complexity index is 782. The Balaban J connectivity index is 1.71. The first-order valence-electron chi connectivity index (χ1n) is 11.1. The van der Waals surface area contributed by atoms with E-state index in [2.05, 4.69) is 56.3 Å². The summed E-state index contributed by atoms with van der Waals surface area (Å²) in [6.45, 7) is 3.98. The molecular formula is C26H35NO2. The molecule has 1 aliphatic carbocycles. The number of carbonyl (C=O) groups excluding carboxylic acids is 1. The van der Waals surface area contributed by atoms with Crippen LogP contribution in [0.25, 0.3) is 0 Å². The van der Waals surface area contributed by atoms with Crippen LogP contribution in [0.4, 0.5) is 0 Å². The van der Waals surface area contributed by atoms with Gasteiger partial charge in [0, 0.05) is 18.0 Å². The van der Waals surface area contributed by atoms with Gasteiger partial charge in [-0.3, -0.25) is 4.79 Å². The molecule has 3 nitrogen and oxygen atoms in total. The normalized spacial score (nSPS) is 17.2. The molecular weight excluding hydrogens is 358 g/mol. The summed E-state index contributed by atoms with van der Waals surface area (Å²) >= 11 is 0. The van der Waals surface area contributed by atoms with Crippen molar-refractivity contribution in [3.05, 3.63) is 65.2 Å². The second-order valence-electron chi connectivity index (χ2n) is 8.49. The predicted molar refractivity (Wildman–Crippen MR) is 120 cm³/mol. The summed E-state index contributed by atoms with van der Waals surface area (Å²) in [5.74, 6) is 1.63. The molecule has 1 aliphatic rings. The Morgan fingerprint density at radius 1 is 1.07 bits per heavy atom. The first-order chi connectivity index (χ1) is 14.1. The lowest BCUT2D eigenvalue weighted by Gasteiger charge is -2.31. The predicted octanol–water partition coefficient (Wildman–Crippen LogP) is 5.74. The van der Waals surface area contributed by atoms with E-state index in [4.69, 9.17) is 4.74 Å². The van der Waals surface area contributed by atoms with E-state index in [0.29, 0.717) is 11.7 Å². The Kier molecular flexibility index (Phi) is 7.88. The number of hydrogen-bond donors (Lipinski definition) is 0. The van der Waals surface area contributed by atoms with Crippen molar-refractivity contribution in [2.45, 2.75) is 51.4 Å². The lowest BCUT2D eigenvalue weighted by Crippen LogP contribution is -2.28. The summed E-state index contributed by atoms with van der Waals surface area (Å²) in [6.07, 6.45) is 6.34. The highest BCUT2D eigenvalue weighted by atomic mass is 16.5. The molecule has 2 atom stereocenters. The van der Waals surface area contributed by atoms with E-state index in [9.17, 15) is 4.79 Å². The monoisotopic (exact) mass is 393 g/mol. The van der Waals surface area contributed by atoms with E-state index in [1.807, 2.05) is 18.2 Å². The van der Waals surface area contributed by atoms with Crippen molar-refractivity contribution in [3.63, 3.8) is 0 Å². The Morgan fingerprint density at radius 2 is 1.83 bits per heavy atom. The number of carbonyl (C=O) groups is 1. The van der Waals surface area contributed by atoms with Crippen LogP contribution >= 0.6 is 0 Å². The van der Waals surface area contributed by atoms with Crippen molar-refractivity contribution < 1.29 is 9.53 Å². The zero-order chi connectivity index (χ0) is 20.6. The van der Waals surface area contributed by atoms with E-state index < -0.39 is 0 Å². The maximum Gasteiger partial charge on any atom is 0.166 e. The number of ether oxygens (including phenoxy) is 1. The van der Waals surface area contributed by atoms with E-state index in [0.717, 1.165) is 63.0 Å². The van der Waals surface area contributed by atoms with Gasteiger partial charge in [-0.05, 0) is 69.0 Å². The van der Waals surface area contributed by atoms with Crippen LogP contribution in [0.3, 0.4) is 0 Å². The molecule has 0 saturated heterocycles. The van der Waals surface area contributed by atoms with Gasteiger partial charge in [0.2, 0.25) is 0 Å². The molecule has 0 aliphatic heterocycles. The minimum Gasteiger partial charge on any atom is -0.494 e. The van der Waals surface area contributed by atoms with Crippen molar-refractivity contribution in [2.24, 2.45) is 5.92 Å². The summed E-state index contributed by atoms with van der Waals surface area (Å²) in [5.41, 5.74) is 3.42. The standard InChI is InChI=1S/C26H35NO2/c1-4-5-10-23(25-17-14-20-9-6-7-11-24(20)26(25)28)21-12-15-22(16-13-21)29-19-8-18-27(2)3/h6-7,9,11-13,15-16,23,25H,4-5,8,10,14,17-19H2,1-3H3. The van der Waals surface area contributed by atoms with Gasteiger partial charge in [-0.1, -0.05) is 56.2 Å². The Morgan fingerprint density at radius 3 is 2.55 bits per heavy atom. The minimum absolute atomic E-state index is 0.0864. The number of benzene rings is 2. The number of rotatable bonds is 10. The Hall–Kier alpha value is -2.13. The smallest absolute Gasteiger partial charge is 0.166 e. The van der Waals surface area contributed by atoms with Crippen molar-refractivity contribution in [1.82, 2.24) is 4.90 Å². The molecule has 2 aromatic carbocycles. The molecule has 0 amide bonds. The van der Waals surface area contributed by atoms with Crippen molar-refractivity contribution in [2.75, 3.05) is 27.2 Å². The third-order valence-electron chi connectivity index (χ3n) is 6.03. The van der Waals surface area contributed by atoms with Gasteiger partial charge < -0.3 is 9.64 Å². The summed E-state index contributed by atoms with van der Waals surface area (Å²) in [6, 6.07) is 16.6. The highest BCUT2D eigenvalue weighted by Gasteiger charge is 2.33. The van der Waals surface area contributed by atoms with Crippen LogP contribution in [0, 0.1) is 5.92 Å². The van der Waals surface area contributed by atoms with E-state index in [-0.39, 0.29) is 5.92 Å². The molecule has 0 spiro atoms. The van der Waals surface area contributed by atoms with Gasteiger partial charge in [0.1, 0.15) is 5.75 Å². The first-order valence-corrected chi connectivity index (χ1v) is 11.1. The Labute approximate surface area is 176 Å². The summed E-state index contributed by atoms with van der Waals surface area (Å²) in [7, 11) is 4.16. The lowest BCUT2D eigenvalue weighted by molar-refractivity contribution is 0.0875. The number of hydrogen-bond acceptors (Lipinski definition) is 3. The van der Waals surface area contributed by atoms with E-state index >= 15 is 0 Å². The van der Waals surface area contributed by atoms with E-state index in [1.165, 1.54) is 11.1 Å². The maximum atomic E-state index is 13.3. The van der Waals surface area contributed by atoms with Crippen LogP contribution in [0.1, 0.15) is 66.4 Å². The largest absolute Gasteiger partial charge is 0.494 e. The summed E-state index contributed by atoms with van der Waals surface area (Å²) in [4.78, 5) is 15.4. The van der Waals surface area contributed by atoms with Crippen LogP contribution < -0.4 is 4.74 Å². The van der Waals surface area contributed by atoms with Gasteiger partial charge in [0.15, 0.2) is 5.78 Å². The van der Waals surface area contributed by atoms with Gasteiger partial charge in [-0.2, -0.15) is 0 Å². The molecule has 0 bridgehead atoms. The van der Waals surface area contributed by atoms with Crippen LogP contribution in [-0.2, 0) is 6.42 Å². The zero-order valence-corrected chi connectivity index (χ0v) is 18.2. The SMILES string of the molecule is CCCCC(c1ccc(OCCCN(C)C)cc1)C1CCc2ccccc2C1=O. The molecule has 2 unspecified atom stereocenters.